The Morgan fingerprint density at radius 3 is 2.94 bits per heavy atom. The highest BCUT2D eigenvalue weighted by molar-refractivity contribution is 6.33. The summed E-state index contributed by atoms with van der Waals surface area (Å²) < 4.78 is 1.74. The van der Waals surface area contributed by atoms with E-state index in [2.05, 4.69) is 17.3 Å². The molecule has 0 amide bonds. The molecule has 1 aromatic rings. The van der Waals surface area contributed by atoms with Crippen LogP contribution in [0.3, 0.4) is 0 Å². The normalized spacial score (nSPS) is 17.3. The number of hydrogen-bond acceptors (Lipinski definition) is 3. The Morgan fingerprint density at radius 1 is 1.59 bits per heavy atom. The van der Waals surface area contributed by atoms with Crippen LogP contribution in [0, 0.1) is 5.92 Å². The first kappa shape index (κ1) is 12.6. The lowest BCUT2D eigenvalue weighted by molar-refractivity contribution is 0.0883. The predicted molar refractivity (Wildman–Crippen MR) is 67.5 cm³/mol. The predicted octanol–water partition coefficient (Wildman–Crippen LogP) is 2.13. The zero-order valence-electron chi connectivity index (χ0n) is 10.1. The van der Waals surface area contributed by atoms with Gasteiger partial charge in [-0.25, -0.2) is 0 Å². The zero-order valence-corrected chi connectivity index (χ0v) is 10.8. The van der Waals surface area contributed by atoms with Gasteiger partial charge in [0.2, 0.25) is 0 Å². The van der Waals surface area contributed by atoms with Gasteiger partial charge in [-0.15, -0.1) is 0 Å². The number of aryl methyl sites for hydroxylation is 1. The maximum absolute atomic E-state index is 12.4. The monoisotopic (exact) mass is 255 g/mol. The Labute approximate surface area is 106 Å². The van der Waals surface area contributed by atoms with Gasteiger partial charge < -0.3 is 5.32 Å². The highest BCUT2D eigenvalue weighted by Crippen LogP contribution is 2.23. The molecule has 17 heavy (non-hydrogen) atoms. The second-order valence-electron chi connectivity index (χ2n) is 4.45. The highest BCUT2D eigenvalue weighted by Gasteiger charge is 2.26. The van der Waals surface area contributed by atoms with Gasteiger partial charge in [0.15, 0.2) is 5.78 Å². The van der Waals surface area contributed by atoms with E-state index in [9.17, 15) is 4.79 Å². The fraction of sp³-hybridized carbons (Fsp3) is 0.667. The van der Waals surface area contributed by atoms with E-state index in [0.717, 1.165) is 38.9 Å². The quantitative estimate of drug-likeness (QED) is 0.839. The molecule has 0 radical (unpaired) electrons. The van der Waals surface area contributed by atoms with Crippen molar-refractivity contribution in [3.05, 3.63) is 16.9 Å². The molecule has 1 fully saturated rings. The number of rotatable bonds is 4. The molecular formula is C12H18ClN3O. The third-order valence-corrected chi connectivity index (χ3v) is 3.45. The van der Waals surface area contributed by atoms with Crippen LogP contribution in [0.2, 0.25) is 5.02 Å². The van der Waals surface area contributed by atoms with E-state index in [-0.39, 0.29) is 11.7 Å². The van der Waals surface area contributed by atoms with Crippen molar-refractivity contribution in [3.8, 4) is 0 Å². The van der Waals surface area contributed by atoms with E-state index in [4.69, 9.17) is 11.6 Å². The average molecular weight is 256 g/mol. The number of nitrogens with one attached hydrogen (secondary N) is 1. The first-order chi connectivity index (χ1) is 8.24. The Bertz CT molecular complexity index is 396. The van der Waals surface area contributed by atoms with Crippen LogP contribution >= 0.6 is 11.6 Å². The third-order valence-electron chi connectivity index (χ3n) is 3.17. The Hall–Kier alpha value is -0.870. The second-order valence-corrected chi connectivity index (χ2v) is 4.86. The summed E-state index contributed by atoms with van der Waals surface area (Å²) in [6.07, 6.45) is 4.31. The van der Waals surface area contributed by atoms with Gasteiger partial charge >= 0.3 is 0 Å². The van der Waals surface area contributed by atoms with Crippen molar-refractivity contribution in [3.63, 3.8) is 0 Å². The molecule has 0 bridgehead atoms. The molecule has 0 atom stereocenters. The summed E-state index contributed by atoms with van der Waals surface area (Å²) in [5, 5.41) is 7.92. The Kier molecular flexibility index (Phi) is 4.18. The van der Waals surface area contributed by atoms with Gasteiger partial charge in [-0.05, 0) is 32.4 Å². The van der Waals surface area contributed by atoms with Crippen molar-refractivity contribution in [2.24, 2.45) is 5.92 Å². The van der Waals surface area contributed by atoms with Crippen LogP contribution in [0.15, 0.2) is 6.20 Å². The van der Waals surface area contributed by atoms with Crippen molar-refractivity contribution in [2.75, 3.05) is 13.1 Å². The average Bonchev–Trinajstić information content (AvgIpc) is 2.71. The largest absolute Gasteiger partial charge is 0.317 e. The summed E-state index contributed by atoms with van der Waals surface area (Å²) in [6.45, 7) is 4.64. The number of ketones is 1. The maximum atomic E-state index is 12.4. The molecule has 2 rings (SSSR count). The summed E-state index contributed by atoms with van der Waals surface area (Å²) in [5.74, 6) is 0.253. The molecule has 1 aromatic heterocycles. The van der Waals surface area contributed by atoms with Gasteiger partial charge in [0.1, 0.15) is 5.69 Å². The highest BCUT2D eigenvalue weighted by atomic mass is 35.5. The minimum absolute atomic E-state index is 0.0982. The molecule has 1 N–H and O–H groups in total. The molecule has 0 saturated carbocycles. The van der Waals surface area contributed by atoms with Crippen molar-refractivity contribution < 1.29 is 4.79 Å². The first-order valence-corrected chi connectivity index (χ1v) is 6.58. The third kappa shape index (κ3) is 2.69. The zero-order chi connectivity index (χ0) is 12.3. The van der Waals surface area contributed by atoms with Crippen molar-refractivity contribution in [2.45, 2.75) is 32.7 Å². The van der Waals surface area contributed by atoms with Crippen LogP contribution in [0.5, 0.6) is 0 Å². The summed E-state index contributed by atoms with van der Waals surface area (Å²) in [5.41, 5.74) is 0.598. The minimum Gasteiger partial charge on any atom is -0.317 e. The summed E-state index contributed by atoms with van der Waals surface area (Å²) in [7, 11) is 0. The molecule has 0 aliphatic carbocycles. The molecule has 94 valence electrons. The van der Waals surface area contributed by atoms with E-state index in [0.29, 0.717) is 10.7 Å². The molecular weight excluding hydrogens is 238 g/mol. The smallest absolute Gasteiger partial charge is 0.185 e. The van der Waals surface area contributed by atoms with E-state index in [1.807, 2.05) is 0 Å². The minimum atomic E-state index is 0.0982. The van der Waals surface area contributed by atoms with E-state index < -0.39 is 0 Å². The molecule has 0 unspecified atom stereocenters. The van der Waals surface area contributed by atoms with Gasteiger partial charge in [0, 0.05) is 12.5 Å². The molecule has 4 nitrogen and oxygen atoms in total. The van der Waals surface area contributed by atoms with Crippen molar-refractivity contribution in [1.82, 2.24) is 15.1 Å². The molecule has 1 saturated heterocycles. The summed E-state index contributed by atoms with van der Waals surface area (Å²) in [4.78, 5) is 12.4. The summed E-state index contributed by atoms with van der Waals surface area (Å²) >= 11 is 6.07. The van der Waals surface area contributed by atoms with Gasteiger partial charge in [-0.2, -0.15) is 5.10 Å². The van der Waals surface area contributed by atoms with Crippen LogP contribution in [-0.4, -0.2) is 28.7 Å². The number of carbonyl (C=O) groups excluding carboxylic acids is 1. The lowest BCUT2D eigenvalue weighted by atomic mass is 9.92. The van der Waals surface area contributed by atoms with E-state index in [1.165, 1.54) is 0 Å². The van der Waals surface area contributed by atoms with Gasteiger partial charge in [0.05, 0.1) is 11.2 Å². The number of carbonyl (C=O) groups is 1. The topological polar surface area (TPSA) is 46.9 Å². The fourth-order valence-corrected chi connectivity index (χ4v) is 2.50. The van der Waals surface area contributed by atoms with E-state index in [1.54, 1.807) is 10.9 Å². The molecule has 2 heterocycles. The number of hydrogen-bond donors (Lipinski definition) is 1. The lowest BCUT2D eigenvalue weighted by Crippen LogP contribution is -2.32. The first-order valence-electron chi connectivity index (χ1n) is 6.20. The Balaban J connectivity index is 2.19. The van der Waals surface area contributed by atoms with Crippen molar-refractivity contribution >= 4 is 17.4 Å². The Morgan fingerprint density at radius 2 is 2.29 bits per heavy atom. The maximum Gasteiger partial charge on any atom is 0.185 e. The number of aromatic nitrogens is 2. The van der Waals surface area contributed by atoms with E-state index >= 15 is 0 Å². The molecule has 1 aliphatic heterocycles. The lowest BCUT2D eigenvalue weighted by Gasteiger charge is -2.21. The number of halogens is 1. The summed E-state index contributed by atoms with van der Waals surface area (Å²) in [6, 6.07) is 0. The van der Waals surface area contributed by atoms with Gasteiger partial charge in [-0.1, -0.05) is 18.5 Å². The van der Waals surface area contributed by atoms with Crippen LogP contribution < -0.4 is 5.32 Å². The second kappa shape index (κ2) is 5.65. The molecule has 0 spiro atoms. The molecule has 1 aliphatic rings. The van der Waals surface area contributed by atoms with Crippen LogP contribution in [-0.2, 0) is 6.54 Å². The molecule has 5 heteroatoms. The standard InChI is InChI=1S/C12H18ClN3O/c1-2-7-16-11(10(13)8-15-16)12(17)9-3-5-14-6-4-9/h8-9,14H,2-7H2,1H3. The van der Waals surface area contributed by atoms with Gasteiger partial charge in [-0.3, -0.25) is 9.48 Å². The van der Waals surface area contributed by atoms with Crippen molar-refractivity contribution in [1.29, 1.82) is 0 Å². The van der Waals surface area contributed by atoms with Crippen LogP contribution in [0.1, 0.15) is 36.7 Å². The van der Waals surface area contributed by atoms with Crippen LogP contribution in [0.4, 0.5) is 0 Å². The number of nitrogens with zero attached hydrogens (tertiary/aromatic N) is 2. The molecule has 0 aromatic carbocycles. The van der Waals surface area contributed by atoms with Crippen LogP contribution in [0.25, 0.3) is 0 Å². The fourth-order valence-electron chi connectivity index (χ4n) is 2.27. The number of Topliss-reactive ketones (excluding diaryl/α,β-unsaturated/α-hetero) is 1. The number of piperidine rings is 1. The van der Waals surface area contributed by atoms with Gasteiger partial charge in [0.25, 0.3) is 0 Å². The SMILES string of the molecule is CCCn1ncc(Cl)c1C(=O)C1CCNCC1.